The van der Waals surface area contributed by atoms with Gasteiger partial charge in [0.25, 0.3) is 0 Å². The van der Waals surface area contributed by atoms with Crippen LogP contribution in [-0.2, 0) is 11.3 Å². The van der Waals surface area contributed by atoms with Crippen LogP contribution in [0.25, 0.3) is 0 Å². The molecule has 1 saturated carbocycles. The molecule has 3 rings (SSSR count). The van der Waals surface area contributed by atoms with Crippen molar-refractivity contribution in [3.05, 3.63) is 35.9 Å². The summed E-state index contributed by atoms with van der Waals surface area (Å²) in [5.74, 6) is 0.467. The average molecular weight is 289 g/mol. The zero-order chi connectivity index (χ0) is 14.7. The number of ether oxygens (including phenoxy) is 1. The summed E-state index contributed by atoms with van der Waals surface area (Å²) < 4.78 is 5.36. The number of aliphatic hydroxyl groups excluding tert-OH is 1. The number of likely N-dealkylation sites (tertiary alicyclic amines) is 1. The Kier molecular flexibility index (Phi) is 4.15. The van der Waals surface area contributed by atoms with E-state index in [0.29, 0.717) is 24.5 Å². The molecule has 1 aliphatic carbocycles. The maximum atomic E-state index is 12.0. The van der Waals surface area contributed by atoms with Gasteiger partial charge in [-0.05, 0) is 37.2 Å². The second-order valence-electron chi connectivity index (χ2n) is 6.52. The van der Waals surface area contributed by atoms with E-state index in [1.807, 2.05) is 35.2 Å². The van der Waals surface area contributed by atoms with Crippen molar-refractivity contribution in [1.29, 1.82) is 0 Å². The summed E-state index contributed by atoms with van der Waals surface area (Å²) in [5.41, 5.74) is 1.32. The monoisotopic (exact) mass is 289 g/mol. The molecule has 1 aromatic rings. The van der Waals surface area contributed by atoms with E-state index in [1.165, 1.54) is 0 Å². The SMILES string of the molecule is O=C(OCc1ccccc1)N1CC2(CCC(CO)CC2)C1. The summed E-state index contributed by atoms with van der Waals surface area (Å²) in [6, 6.07) is 9.76. The first kappa shape index (κ1) is 14.4. The number of aliphatic hydroxyl groups is 1. The molecule has 114 valence electrons. The molecular formula is C17H23NO3. The molecule has 1 N–H and O–H groups in total. The molecule has 4 nitrogen and oxygen atoms in total. The van der Waals surface area contributed by atoms with Gasteiger partial charge in [0.05, 0.1) is 0 Å². The summed E-state index contributed by atoms with van der Waals surface area (Å²) in [4.78, 5) is 13.8. The lowest BCUT2D eigenvalue weighted by molar-refractivity contribution is -0.0397. The van der Waals surface area contributed by atoms with Gasteiger partial charge in [-0.3, -0.25) is 0 Å². The Morgan fingerprint density at radius 2 is 1.90 bits per heavy atom. The first-order valence-corrected chi connectivity index (χ1v) is 7.77. The van der Waals surface area contributed by atoms with Gasteiger partial charge < -0.3 is 14.7 Å². The highest BCUT2D eigenvalue weighted by molar-refractivity contribution is 5.69. The Morgan fingerprint density at radius 3 is 2.52 bits per heavy atom. The van der Waals surface area contributed by atoms with Crippen LogP contribution in [0.1, 0.15) is 31.2 Å². The van der Waals surface area contributed by atoms with Crippen LogP contribution in [0.15, 0.2) is 30.3 Å². The lowest BCUT2D eigenvalue weighted by Gasteiger charge is -2.52. The lowest BCUT2D eigenvalue weighted by atomic mass is 9.66. The van der Waals surface area contributed by atoms with Crippen molar-refractivity contribution in [2.75, 3.05) is 19.7 Å². The normalized spacial score (nSPS) is 21.1. The Morgan fingerprint density at radius 1 is 1.24 bits per heavy atom. The summed E-state index contributed by atoms with van der Waals surface area (Å²) in [7, 11) is 0. The minimum Gasteiger partial charge on any atom is -0.445 e. The van der Waals surface area contributed by atoms with Crippen molar-refractivity contribution in [1.82, 2.24) is 4.90 Å². The molecule has 1 aliphatic heterocycles. The van der Waals surface area contributed by atoms with E-state index >= 15 is 0 Å². The molecule has 1 amide bonds. The molecule has 1 heterocycles. The number of benzene rings is 1. The predicted molar refractivity (Wildman–Crippen MR) is 79.7 cm³/mol. The summed E-state index contributed by atoms with van der Waals surface area (Å²) >= 11 is 0. The third kappa shape index (κ3) is 3.21. The second kappa shape index (κ2) is 6.06. The molecule has 0 atom stereocenters. The number of rotatable bonds is 3. The largest absolute Gasteiger partial charge is 0.445 e. The highest BCUT2D eigenvalue weighted by Crippen LogP contribution is 2.45. The van der Waals surface area contributed by atoms with Crippen molar-refractivity contribution in [3.63, 3.8) is 0 Å². The Labute approximate surface area is 125 Å². The van der Waals surface area contributed by atoms with E-state index in [-0.39, 0.29) is 6.09 Å². The number of hydrogen-bond donors (Lipinski definition) is 1. The molecule has 0 bridgehead atoms. The van der Waals surface area contributed by atoms with Crippen molar-refractivity contribution in [2.24, 2.45) is 11.3 Å². The standard InChI is InChI=1S/C17H23NO3/c19-10-14-6-8-17(9-7-14)12-18(13-17)16(20)21-11-15-4-2-1-3-5-15/h1-5,14,19H,6-13H2. The summed E-state index contributed by atoms with van der Waals surface area (Å²) in [6.45, 7) is 2.28. The van der Waals surface area contributed by atoms with Crippen LogP contribution in [0.3, 0.4) is 0 Å². The van der Waals surface area contributed by atoms with Gasteiger partial charge >= 0.3 is 6.09 Å². The van der Waals surface area contributed by atoms with E-state index < -0.39 is 0 Å². The van der Waals surface area contributed by atoms with E-state index in [2.05, 4.69) is 0 Å². The van der Waals surface area contributed by atoms with Crippen LogP contribution in [0.2, 0.25) is 0 Å². The van der Waals surface area contributed by atoms with Crippen molar-refractivity contribution in [2.45, 2.75) is 32.3 Å². The number of nitrogens with zero attached hydrogens (tertiary/aromatic N) is 1. The van der Waals surface area contributed by atoms with E-state index in [1.54, 1.807) is 0 Å². The molecule has 1 aromatic carbocycles. The highest BCUT2D eigenvalue weighted by atomic mass is 16.6. The van der Waals surface area contributed by atoms with Crippen LogP contribution < -0.4 is 0 Å². The molecule has 1 saturated heterocycles. The first-order chi connectivity index (χ1) is 10.2. The van der Waals surface area contributed by atoms with Gasteiger partial charge in [-0.1, -0.05) is 30.3 Å². The van der Waals surface area contributed by atoms with Crippen molar-refractivity contribution >= 4 is 6.09 Å². The van der Waals surface area contributed by atoms with Crippen molar-refractivity contribution < 1.29 is 14.6 Å². The summed E-state index contributed by atoms with van der Waals surface area (Å²) in [5, 5.41) is 9.19. The minimum atomic E-state index is -0.200. The van der Waals surface area contributed by atoms with Gasteiger partial charge in [-0.15, -0.1) is 0 Å². The smallest absolute Gasteiger partial charge is 0.410 e. The fraction of sp³-hybridized carbons (Fsp3) is 0.588. The number of carbonyl (C=O) groups excluding carboxylic acids is 1. The third-order valence-corrected chi connectivity index (χ3v) is 4.94. The average Bonchev–Trinajstić information content (AvgIpc) is 2.51. The Hall–Kier alpha value is -1.55. The van der Waals surface area contributed by atoms with Gasteiger partial charge in [-0.25, -0.2) is 4.79 Å². The maximum Gasteiger partial charge on any atom is 0.410 e. The number of hydrogen-bond acceptors (Lipinski definition) is 3. The number of carbonyl (C=O) groups is 1. The molecule has 0 aromatic heterocycles. The second-order valence-corrected chi connectivity index (χ2v) is 6.52. The molecular weight excluding hydrogens is 266 g/mol. The van der Waals surface area contributed by atoms with E-state index in [0.717, 1.165) is 44.3 Å². The van der Waals surface area contributed by atoms with Gasteiger partial charge in [0.1, 0.15) is 6.61 Å². The van der Waals surface area contributed by atoms with Crippen molar-refractivity contribution in [3.8, 4) is 0 Å². The molecule has 21 heavy (non-hydrogen) atoms. The zero-order valence-corrected chi connectivity index (χ0v) is 12.3. The number of amides is 1. The Bertz CT molecular complexity index is 472. The van der Waals surface area contributed by atoms with Gasteiger partial charge in [-0.2, -0.15) is 0 Å². The Balaban J connectivity index is 1.43. The fourth-order valence-corrected chi connectivity index (χ4v) is 3.49. The molecule has 2 fully saturated rings. The maximum absolute atomic E-state index is 12.0. The van der Waals surface area contributed by atoms with Gasteiger partial charge in [0.15, 0.2) is 0 Å². The van der Waals surface area contributed by atoms with Crippen LogP contribution in [-0.4, -0.2) is 35.8 Å². The van der Waals surface area contributed by atoms with Crippen LogP contribution in [0.4, 0.5) is 4.79 Å². The van der Waals surface area contributed by atoms with Gasteiger partial charge in [0.2, 0.25) is 0 Å². The zero-order valence-electron chi connectivity index (χ0n) is 12.3. The molecule has 0 unspecified atom stereocenters. The fourth-order valence-electron chi connectivity index (χ4n) is 3.49. The molecule has 4 heteroatoms. The van der Waals surface area contributed by atoms with Gasteiger partial charge in [0, 0.05) is 25.1 Å². The predicted octanol–water partition coefficient (Wildman–Crippen LogP) is 2.81. The highest BCUT2D eigenvalue weighted by Gasteiger charge is 2.47. The quantitative estimate of drug-likeness (QED) is 0.931. The lowest BCUT2D eigenvalue weighted by Crippen LogP contribution is -2.59. The summed E-state index contributed by atoms with van der Waals surface area (Å²) in [6.07, 6.45) is 4.22. The minimum absolute atomic E-state index is 0.200. The van der Waals surface area contributed by atoms with Crippen LogP contribution in [0, 0.1) is 11.3 Å². The van der Waals surface area contributed by atoms with Crippen LogP contribution in [0.5, 0.6) is 0 Å². The van der Waals surface area contributed by atoms with Crippen LogP contribution >= 0.6 is 0 Å². The third-order valence-electron chi connectivity index (χ3n) is 4.94. The molecule has 1 spiro atoms. The topological polar surface area (TPSA) is 49.8 Å². The van der Waals surface area contributed by atoms with E-state index in [4.69, 9.17) is 4.74 Å². The van der Waals surface area contributed by atoms with E-state index in [9.17, 15) is 9.90 Å². The first-order valence-electron chi connectivity index (χ1n) is 7.77. The molecule has 0 radical (unpaired) electrons. The molecule has 2 aliphatic rings.